The van der Waals surface area contributed by atoms with Crippen LogP contribution < -0.4 is 4.90 Å². The van der Waals surface area contributed by atoms with E-state index >= 15 is 0 Å². The summed E-state index contributed by atoms with van der Waals surface area (Å²) >= 11 is 0. The van der Waals surface area contributed by atoms with Crippen LogP contribution in [-0.2, 0) is 6.54 Å². The Labute approximate surface area is 116 Å². The van der Waals surface area contributed by atoms with E-state index in [0.29, 0.717) is 6.54 Å². The van der Waals surface area contributed by atoms with Crippen LogP contribution in [0, 0.1) is 21.4 Å². The van der Waals surface area contributed by atoms with Gasteiger partial charge in [0.25, 0.3) is 5.69 Å². The molecule has 0 aliphatic heterocycles. The highest BCUT2D eigenvalue weighted by Crippen LogP contribution is 2.24. The summed E-state index contributed by atoms with van der Waals surface area (Å²) in [6.45, 7) is 0.608. The highest BCUT2D eigenvalue weighted by atomic mass is 16.6. The maximum Gasteiger partial charge on any atom is 0.287 e. The van der Waals surface area contributed by atoms with E-state index in [9.17, 15) is 10.1 Å². The fourth-order valence-corrected chi connectivity index (χ4v) is 1.87. The molecule has 2 rings (SSSR count). The van der Waals surface area contributed by atoms with Gasteiger partial charge in [-0.1, -0.05) is 6.07 Å². The molecule has 0 spiro atoms. The van der Waals surface area contributed by atoms with Gasteiger partial charge >= 0.3 is 0 Å². The molecule has 0 bridgehead atoms. The average molecular weight is 268 g/mol. The Balaban J connectivity index is 2.25. The predicted octanol–water partition coefficient (Wildman–Crippen LogP) is 2.50. The Morgan fingerprint density at radius 1 is 1.45 bits per heavy atom. The average Bonchev–Trinajstić information content (AvgIpc) is 2.47. The number of nitriles is 1. The maximum atomic E-state index is 10.8. The van der Waals surface area contributed by atoms with E-state index in [-0.39, 0.29) is 11.3 Å². The Morgan fingerprint density at radius 3 is 2.85 bits per heavy atom. The van der Waals surface area contributed by atoms with Gasteiger partial charge in [-0.05, 0) is 23.8 Å². The van der Waals surface area contributed by atoms with Crippen LogP contribution in [0.5, 0.6) is 0 Å². The molecule has 0 atom stereocenters. The van der Waals surface area contributed by atoms with Crippen molar-refractivity contribution in [2.75, 3.05) is 11.9 Å². The molecule has 0 fully saturated rings. The van der Waals surface area contributed by atoms with Gasteiger partial charge in [-0.2, -0.15) is 5.26 Å². The van der Waals surface area contributed by atoms with E-state index in [1.807, 2.05) is 30.1 Å². The summed E-state index contributed by atoms with van der Waals surface area (Å²) in [4.78, 5) is 16.2. The maximum absolute atomic E-state index is 10.8. The molecule has 0 radical (unpaired) electrons. The van der Waals surface area contributed by atoms with Crippen molar-refractivity contribution in [3.8, 4) is 6.07 Å². The summed E-state index contributed by atoms with van der Waals surface area (Å²) < 4.78 is 0. The third kappa shape index (κ3) is 2.90. The van der Waals surface area contributed by atoms with Crippen molar-refractivity contribution in [3.63, 3.8) is 0 Å². The van der Waals surface area contributed by atoms with Crippen molar-refractivity contribution < 1.29 is 4.92 Å². The van der Waals surface area contributed by atoms with Crippen molar-refractivity contribution in [3.05, 3.63) is 64.0 Å². The zero-order valence-corrected chi connectivity index (χ0v) is 10.9. The van der Waals surface area contributed by atoms with Crippen molar-refractivity contribution in [2.24, 2.45) is 0 Å². The number of hydrogen-bond acceptors (Lipinski definition) is 5. The van der Waals surface area contributed by atoms with Crippen LogP contribution in [0.1, 0.15) is 11.1 Å². The largest absolute Gasteiger partial charge is 0.370 e. The summed E-state index contributed by atoms with van der Waals surface area (Å²) in [5.74, 6) is 0. The minimum Gasteiger partial charge on any atom is -0.370 e. The number of nitro groups is 1. The fraction of sp³-hybridized carbons (Fsp3) is 0.143. The van der Waals surface area contributed by atoms with Gasteiger partial charge in [-0.25, -0.2) is 0 Å². The second-order valence-corrected chi connectivity index (χ2v) is 4.29. The monoisotopic (exact) mass is 268 g/mol. The SMILES string of the molecule is CN(Cc1cccnc1)c1ccc([N+](=O)[O-])c(C#N)c1. The van der Waals surface area contributed by atoms with Crippen LogP contribution in [-0.4, -0.2) is 17.0 Å². The minimum absolute atomic E-state index is 0.0607. The normalized spacial score (nSPS) is 9.80. The van der Waals surface area contributed by atoms with E-state index in [1.54, 1.807) is 18.5 Å². The van der Waals surface area contributed by atoms with E-state index in [1.165, 1.54) is 12.1 Å². The standard InChI is InChI=1S/C14H12N4O2/c1-17(10-11-3-2-6-16-9-11)13-4-5-14(18(19)20)12(7-13)8-15/h2-7,9H,10H2,1H3. The first-order chi connectivity index (χ1) is 9.61. The van der Waals surface area contributed by atoms with Gasteiger partial charge in [-0.3, -0.25) is 15.1 Å². The zero-order valence-electron chi connectivity index (χ0n) is 10.9. The van der Waals surface area contributed by atoms with Crippen LogP contribution >= 0.6 is 0 Å². The van der Waals surface area contributed by atoms with E-state index in [0.717, 1.165) is 11.3 Å². The molecule has 100 valence electrons. The highest BCUT2D eigenvalue weighted by Gasteiger charge is 2.15. The van der Waals surface area contributed by atoms with Gasteiger partial charge in [-0.15, -0.1) is 0 Å². The van der Waals surface area contributed by atoms with Crippen LogP contribution in [0.4, 0.5) is 11.4 Å². The number of nitrogens with zero attached hydrogens (tertiary/aromatic N) is 4. The Hall–Kier alpha value is -2.94. The van der Waals surface area contributed by atoms with Gasteiger partial charge in [0.15, 0.2) is 0 Å². The summed E-state index contributed by atoms with van der Waals surface area (Å²) in [7, 11) is 1.86. The molecule has 1 heterocycles. The molecule has 20 heavy (non-hydrogen) atoms. The molecular formula is C14H12N4O2. The molecular weight excluding hydrogens is 256 g/mol. The first kappa shape index (κ1) is 13.5. The Kier molecular flexibility index (Phi) is 3.91. The van der Waals surface area contributed by atoms with Gasteiger partial charge in [0, 0.05) is 37.7 Å². The van der Waals surface area contributed by atoms with Crippen LogP contribution in [0.25, 0.3) is 0 Å². The molecule has 0 saturated heterocycles. The first-order valence-electron chi connectivity index (χ1n) is 5.90. The number of anilines is 1. The summed E-state index contributed by atoms with van der Waals surface area (Å²) in [5, 5.41) is 19.8. The molecule has 0 aliphatic rings. The molecule has 0 N–H and O–H groups in total. The molecule has 1 aromatic heterocycles. The van der Waals surface area contributed by atoms with Gasteiger partial charge in [0.2, 0.25) is 0 Å². The number of pyridine rings is 1. The van der Waals surface area contributed by atoms with E-state index < -0.39 is 4.92 Å². The summed E-state index contributed by atoms with van der Waals surface area (Å²) in [6.07, 6.45) is 3.45. The lowest BCUT2D eigenvalue weighted by Gasteiger charge is -2.19. The van der Waals surface area contributed by atoms with Crippen molar-refractivity contribution in [1.29, 1.82) is 5.26 Å². The van der Waals surface area contributed by atoms with Crippen LogP contribution in [0.2, 0.25) is 0 Å². The fourth-order valence-electron chi connectivity index (χ4n) is 1.87. The highest BCUT2D eigenvalue weighted by molar-refractivity contribution is 5.59. The van der Waals surface area contributed by atoms with Crippen LogP contribution in [0.3, 0.4) is 0 Å². The lowest BCUT2D eigenvalue weighted by molar-refractivity contribution is -0.385. The number of nitro benzene ring substituents is 1. The Bertz CT molecular complexity index is 665. The van der Waals surface area contributed by atoms with Crippen LogP contribution in [0.15, 0.2) is 42.7 Å². The Morgan fingerprint density at radius 2 is 2.25 bits per heavy atom. The van der Waals surface area contributed by atoms with E-state index in [2.05, 4.69) is 4.98 Å². The molecule has 0 saturated carbocycles. The quantitative estimate of drug-likeness (QED) is 0.628. The number of rotatable bonds is 4. The second-order valence-electron chi connectivity index (χ2n) is 4.29. The summed E-state index contributed by atoms with van der Waals surface area (Å²) in [6, 6.07) is 10.2. The lowest BCUT2D eigenvalue weighted by Crippen LogP contribution is -2.16. The minimum atomic E-state index is -0.552. The molecule has 6 nitrogen and oxygen atoms in total. The third-order valence-electron chi connectivity index (χ3n) is 2.88. The first-order valence-corrected chi connectivity index (χ1v) is 5.90. The van der Waals surface area contributed by atoms with Gasteiger partial charge < -0.3 is 4.90 Å². The van der Waals surface area contributed by atoms with Crippen molar-refractivity contribution >= 4 is 11.4 Å². The third-order valence-corrected chi connectivity index (χ3v) is 2.88. The molecule has 0 aliphatic carbocycles. The van der Waals surface area contributed by atoms with E-state index in [4.69, 9.17) is 5.26 Å². The smallest absolute Gasteiger partial charge is 0.287 e. The van der Waals surface area contributed by atoms with Crippen molar-refractivity contribution in [2.45, 2.75) is 6.54 Å². The lowest BCUT2D eigenvalue weighted by atomic mass is 10.1. The number of aromatic nitrogens is 1. The van der Waals surface area contributed by atoms with Gasteiger partial charge in [0.1, 0.15) is 11.6 Å². The van der Waals surface area contributed by atoms with Gasteiger partial charge in [0.05, 0.1) is 4.92 Å². The van der Waals surface area contributed by atoms with Crippen molar-refractivity contribution in [1.82, 2.24) is 4.98 Å². The number of hydrogen-bond donors (Lipinski definition) is 0. The molecule has 2 aromatic rings. The molecule has 6 heteroatoms. The molecule has 1 aromatic carbocycles. The topological polar surface area (TPSA) is 83.1 Å². The summed E-state index contributed by atoms with van der Waals surface area (Å²) in [5.41, 5.74) is 1.65. The zero-order chi connectivity index (χ0) is 14.5. The number of benzene rings is 1. The predicted molar refractivity (Wildman–Crippen MR) is 74.2 cm³/mol. The molecule has 0 unspecified atom stereocenters. The molecule has 0 amide bonds. The second kappa shape index (κ2) is 5.80.